The Morgan fingerprint density at radius 2 is 0.959 bits per heavy atom. The van der Waals surface area contributed by atoms with Gasteiger partial charge in [0.2, 0.25) is 0 Å². The van der Waals surface area contributed by atoms with Crippen LogP contribution in [-0.2, 0) is 6.42 Å². The lowest BCUT2D eigenvalue weighted by Crippen LogP contribution is -2.03. The highest BCUT2D eigenvalue weighted by atomic mass is 15.1. The molecular formula is C47H34N2. The van der Waals surface area contributed by atoms with E-state index in [2.05, 4.69) is 187 Å². The van der Waals surface area contributed by atoms with Gasteiger partial charge in [-0.25, -0.2) is 4.98 Å². The summed E-state index contributed by atoms with van der Waals surface area (Å²) in [5.41, 5.74) is 13.0. The molecule has 0 N–H and O–H groups in total. The van der Waals surface area contributed by atoms with Gasteiger partial charge in [-0.2, -0.15) is 0 Å². The molecule has 2 nitrogen and oxygen atoms in total. The standard InChI is InChI=1S/C47H34N2/c1-2-45-48-42-22-12-14-24-44(42)49(45)43-23-13-11-21-40(43)47-38-20-10-9-19-37(38)46(35-27-25-34(26-28-35)32-15-5-3-6-16-32)39-30-29-36(31-41(39)47)33-17-7-4-8-18-33/h3-31H,2H2,1H3. The van der Waals surface area contributed by atoms with E-state index in [4.69, 9.17) is 4.98 Å². The molecule has 0 aliphatic rings. The third-order valence-corrected chi connectivity index (χ3v) is 9.77. The lowest BCUT2D eigenvalue weighted by Gasteiger charge is -2.21. The molecule has 8 aromatic carbocycles. The van der Waals surface area contributed by atoms with Crippen molar-refractivity contribution in [2.75, 3.05) is 0 Å². The Bertz CT molecular complexity index is 2610. The summed E-state index contributed by atoms with van der Waals surface area (Å²) < 4.78 is 2.36. The van der Waals surface area contributed by atoms with Crippen molar-refractivity contribution >= 4 is 32.6 Å². The molecule has 232 valence electrons. The minimum atomic E-state index is 0.834. The molecule has 9 rings (SSSR count). The fourth-order valence-electron chi connectivity index (χ4n) is 7.51. The molecule has 0 radical (unpaired) electrons. The Kier molecular flexibility index (Phi) is 7.13. The highest BCUT2D eigenvalue weighted by Crippen LogP contribution is 2.46. The first-order valence-electron chi connectivity index (χ1n) is 17.0. The van der Waals surface area contributed by atoms with Crippen molar-refractivity contribution in [1.82, 2.24) is 9.55 Å². The smallest absolute Gasteiger partial charge is 0.114 e. The van der Waals surface area contributed by atoms with Gasteiger partial charge >= 0.3 is 0 Å². The molecule has 0 bridgehead atoms. The second-order valence-corrected chi connectivity index (χ2v) is 12.6. The van der Waals surface area contributed by atoms with E-state index in [1.165, 1.54) is 66.1 Å². The summed E-state index contributed by atoms with van der Waals surface area (Å²) in [6.45, 7) is 2.19. The van der Waals surface area contributed by atoms with Crippen LogP contribution >= 0.6 is 0 Å². The van der Waals surface area contributed by atoms with Crippen LogP contribution < -0.4 is 0 Å². The largest absolute Gasteiger partial charge is 0.296 e. The maximum Gasteiger partial charge on any atom is 0.114 e. The van der Waals surface area contributed by atoms with Crippen LogP contribution in [0.3, 0.4) is 0 Å². The third kappa shape index (κ3) is 4.92. The molecule has 0 aliphatic carbocycles. The Balaban J connectivity index is 1.37. The highest BCUT2D eigenvalue weighted by Gasteiger charge is 2.21. The second-order valence-electron chi connectivity index (χ2n) is 12.6. The summed E-state index contributed by atoms with van der Waals surface area (Å²) >= 11 is 0. The quantitative estimate of drug-likeness (QED) is 0.168. The Hall–Kier alpha value is -6.25. The van der Waals surface area contributed by atoms with Gasteiger partial charge in [-0.05, 0) is 84.8 Å². The van der Waals surface area contributed by atoms with Gasteiger partial charge in [0.15, 0.2) is 0 Å². The van der Waals surface area contributed by atoms with Crippen molar-refractivity contribution in [2.24, 2.45) is 0 Å². The molecule has 0 atom stereocenters. The molecular weight excluding hydrogens is 593 g/mol. The molecule has 9 aromatic rings. The van der Waals surface area contributed by atoms with Crippen LogP contribution in [-0.4, -0.2) is 9.55 Å². The topological polar surface area (TPSA) is 17.8 Å². The predicted octanol–water partition coefficient (Wildman–Crippen LogP) is 12.6. The van der Waals surface area contributed by atoms with Gasteiger partial charge in [0, 0.05) is 12.0 Å². The summed E-state index contributed by atoms with van der Waals surface area (Å²) in [6, 6.07) is 63.7. The number of nitrogens with zero attached hydrogens (tertiary/aromatic N) is 2. The van der Waals surface area contributed by atoms with Gasteiger partial charge in [-0.1, -0.05) is 159 Å². The zero-order valence-corrected chi connectivity index (χ0v) is 27.3. The zero-order valence-electron chi connectivity index (χ0n) is 27.3. The number of para-hydroxylation sites is 3. The summed E-state index contributed by atoms with van der Waals surface area (Å²) in [7, 11) is 0. The monoisotopic (exact) mass is 626 g/mol. The fraction of sp³-hybridized carbons (Fsp3) is 0.0426. The predicted molar refractivity (Wildman–Crippen MR) is 207 cm³/mol. The van der Waals surface area contributed by atoms with E-state index in [1.54, 1.807) is 0 Å². The van der Waals surface area contributed by atoms with Crippen LogP contribution in [0.15, 0.2) is 176 Å². The molecule has 49 heavy (non-hydrogen) atoms. The van der Waals surface area contributed by atoms with Crippen molar-refractivity contribution in [1.29, 1.82) is 0 Å². The number of aromatic nitrogens is 2. The summed E-state index contributed by atoms with van der Waals surface area (Å²) in [4.78, 5) is 5.07. The molecule has 2 heteroatoms. The van der Waals surface area contributed by atoms with E-state index in [0.717, 1.165) is 29.0 Å². The number of imidazole rings is 1. The van der Waals surface area contributed by atoms with Crippen molar-refractivity contribution in [3.63, 3.8) is 0 Å². The normalized spacial score (nSPS) is 11.4. The Morgan fingerprint density at radius 3 is 1.69 bits per heavy atom. The highest BCUT2D eigenvalue weighted by molar-refractivity contribution is 6.22. The number of hydrogen-bond donors (Lipinski definition) is 0. The van der Waals surface area contributed by atoms with Crippen molar-refractivity contribution in [3.05, 3.63) is 182 Å². The summed E-state index contributed by atoms with van der Waals surface area (Å²) in [5, 5.41) is 4.95. The van der Waals surface area contributed by atoms with Crippen LogP contribution in [0, 0.1) is 0 Å². The molecule has 1 aromatic heterocycles. The van der Waals surface area contributed by atoms with Gasteiger partial charge in [-0.3, -0.25) is 4.57 Å². The van der Waals surface area contributed by atoms with E-state index in [-0.39, 0.29) is 0 Å². The molecule has 0 saturated heterocycles. The molecule has 1 heterocycles. The first-order chi connectivity index (χ1) is 24.3. The minimum Gasteiger partial charge on any atom is -0.296 e. The van der Waals surface area contributed by atoms with Gasteiger partial charge in [0.05, 0.1) is 16.7 Å². The minimum absolute atomic E-state index is 0.834. The molecule has 0 amide bonds. The fourth-order valence-corrected chi connectivity index (χ4v) is 7.51. The molecule has 0 fully saturated rings. The van der Waals surface area contributed by atoms with E-state index < -0.39 is 0 Å². The van der Waals surface area contributed by atoms with Crippen molar-refractivity contribution in [2.45, 2.75) is 13.3 Å². The maximum absolute atomic E-state index is 5.07. The van der Waals surface area contributed by atoms with Crippen LogP contribution in [0.4, 0.5) is 0 Å². The third-order valence-electron chi connectivity index (χ3n) is 9.77. The number of rotatable bonds is 6. The van der Waals surface area contributed by atoms with Crippen LogP contribution in [0.25, 0.3) is 82.8 Å². The van der Waals surface area contributed by atoms with Gasteiger partial charge in [0.25, 0.3) is 0 Å². The zero-order chi connectivity index (χ0) is 32.7. The number of benzene rings is 8. The summed E-state index contributed by atoms with van der Waals surface area (Å²) in [6.07, 6.45) is 0.834. The van der Waals surface area contributed by atoms with Crippen LogP contribution in [0.5, 0.6) is 0 Å². The van der Waals surface area contributed by atoms with E-state index >= 15 is 0 Å². The van der Waals surface area contributed by atoms with Crippen LogP contribution in [0.2, 0.25) is 0 Å². The maximum atomic E-state index is 5.07. The number of fused-ring (bicyclic) bond motifs is 3. The van der Waals surface area contributed by atoms with Crippen molar-refractivity contribution in [3.8, 4) is 50.2 Å². The van der Waals surface area contributed by atoms with Gasteiger partial charge < -0.3 is 0 Å². The molecule has 0 spiro atoms. The average molecular weight is 627 g/mol. The Labute approximate surface area is 286 Å². The average Bonchev–Trinajstić information content (AvgIpc) is 3.56. The number of hydrogen-bond acceptors (Lipinski definition) is 1. The van der Waals surface area contributed by atoms with Gasteiger partial charge in [-0.15, -0.1) is 0 Å². The second kappa shape index (κ2) is 12.1. The van der Waals surface area contributed by atoms with E-state index in [1.807, 2.05) is 0 Å². The van der Waals surface area contributed by atoms with Gasteiger partial charge in [0.1, 0.15) is 5.82 Å². The lowest BCUT2D eigenvalue weighted by atomic mass is 9.84. The van der Waals surface area contributed by atoms with Crippen LogP contribution in [0.1, 0.15) is 12.7 Å². The van der Waals surface area contributed by atoms with Crippen molar-refractivity contribution < 1.29 is 0 Å². The Morgan fingerprint density at radius 1 is 0.429 bits per heavy atom. The summed E-state index contributed by atoms with van der Waals surface area (Å²) in [5.74, 6) is 1.06. The first kappa shape index (κ1) is 28.9. The molecule has 0 unspecified atom stereocenters. The van der Waals surface area contributed by atoms with E-state index in [9.17, 15) is 0 Å². The SMILES string of the molecule is CCc1nc2ccccc2n1-c1ccccc1-c1c2ccccc2c(-c2ccc(-c3ccccc3)cc2)c2ccc(-c3ccccc3)cc12. The van der Waals surface area contributed by atoms with E-state index in [0.29, 0.717) is 0 Å². The molecule has 0 aliphatic heterocycles. The molecule has 0 saturated carbocycles. The number of aryl methyl sites for hydroxylation is 1. The first-order valence-corrected chi connectivity index (χ1v) is 17.0. The lowest BCUT2D eigenvalue weighted by molar-refractivity contribution is 0.909.